The Bertz CT molecular complexity index is 306. The van der Waals surface area contributed by atoms with Crippen LogP contribution in [0.5, 0.6) is 0 Å². The summed E-state index contributed by atoms with van der Waals surface area (Å²) >= 11 is 0. The molecule has 0 aliphatic carbocycles. The highest BCUT2D eigenvalue weighted by molar-refractivity contribution is 5.26. The van der Waals surface area contributed by atoms with Gasteiger partial charge in [-0.2, -0.15) is 0 Å². The third-order valence-corrected chi connectivity index (χ3v) is 3.39. The van der Waals surface area contributed by atoms with E-state index in [9.17, 15) is 0 Å². The Morgan fingerprint density at radius 3 is 2.79 bits per heavy atom. The lowest BCUT2D eigenvalue weighted by molar-refractivity contribution is 0.479. The summed E-state index contributed by atoms with van der Waals surface area (Å²) in [4.78, 5) is 0. The molecule has 14 heavy (non-hydrogen) atoms. The number of hydrogen-bond donors (Lipinski definition) is 1. The fourth-order valence-corrected chi connectivity index (χ4v) is 2.25. The van der Waals surface area contributed by atoms with Crippen LogP contribution in [0.1, 0.15) is 24.5 Å². The molecule has 1 aliphatic heterocycles. The molecule has 1 aliphatic rings. The lowest BCUT2D eigenvalue weighted by Gasteiger charge is -2.16. The maximum absolute atomic E-state index is 3.58. The van der Waals surface area contributed by atoms with Gasteiger partial charge in [-0.05, 0) is 43.4 Å². The summed E-state index contributed by atoms with van der Waals surface area (Å²) in [5.41, 5.74) is 2.92. The summed E-state index contributed by atoms with van der Waals surface area (Å²) in [5, 5.41) is 3.58. The van der Waals surface area contributed by atoms with E-state index in [1.165, 1.54) is 30.5 Å². The van der Waals surface area contributed by atoms with Crippen LogP contribution in [0.15, 0.2) is 24.3 Å². The molecule has 1 saturated heterocycles. The predicted molar refractivity (Wildman–Crippen MR) is 60.5 cm³/mol. The number of aryl methyl sites for hydroxylation is 1. The molecule has 1 heterocycles. The van der Waals surface area contributed by atoms with E-state index in [-0.39, 0.29) is 0 Å². The van der Waals surface area contributed by atoms with Crippen molar-refractivity contribution < 1.29 is 0 Å². The topological polar surface area (TPSA) is 12.0 Å². The van der Waals surface area contributed by atoms with Gasteiger partial charge in [-0.15, -0.1) is 0 Å². The minimum atomic E-state index is 0.691. The normalized spacial score (nSPS) is 26.7. The molecule has 1 nitrogen and oxygen atoms in total. The number of nitrogens with one attached hydrogen (secondary N) is 1. The van der Waals surface area contributed by atoms with Gasteiger partial charge in [0.15, 0.2) is 0 Å². The fraction of sp³-hybridized carbons (Fsp3) is 0.538. The molecule has 0 saturated carbocycles. The van der Waals surface area contributed by atoms with Crippen molar-refractivity contribution in [1.82, 2.24) is 5.32 Å². The van der Waals surface area contributed by atoms with Crippen molar-refractivity contribution in [1.29, 1.82) is 0 Å². The van der Waals surface area contributed by atoms with Crippen molar-refractivity contribution in [2.75, 3.05) is 6.54 Å². The summed E-state index contributed by atoms with van der Waals surface area (Å²) in [6, 6.07) is 9.40. The van der Waals surface area contributed by atoms with Crippen LogP contribution >= 0.6 is 0 Å². The highest BCUT2D eigenvalue weighted by Gasteiger charge is 2.22. The standard InChI is InChI=1S/C13H19N/c1-10-5-3-4-6-12(10)9-13-11(2)7-8-14-13/h3-6,11,13-14H,7-9H2,1-2H3. The first-order chi connectivity index (χ1) is 6.77. The van der Waals surface area contributed by atoms with E-state index in [1.54, 1.807) is 0 Å². The van der Waals surface area contributed by atoms with E-state index in [4.69, 9.17) is 0 Å². The van der Waals surface area contributed by atoms with Gasteiger partial charge < -0.3 is 5.32 Å². The molecule has 1 heteroatoms. The summed E-state index contributed by atoms with van der Waals surface area (Å²) < 4.78 is 0. The molecule has 0 amide bonds. The molecule has 2 rings (SSSR count). The van der Waals surface area contributed by atoms with Crippen LogP contribution < -0.4 is 5.32 Å². The Morgan fingerprint density at radius 1 is 1.36 bits per heavy atom. The Balaban J connectivity index is 2.07. The van der Waals surface area contributed by atoms with Crippen LogP contribution in [0, 0.1) is 12.8 Å². The van der Waals surface area contributed by atoms with Crippen molar-refractivity contribution >= 4 is 0 Å². The highest BCUT2D eigenvalue weighted by Crippen LogP contribution is 2.19. The minimum absolute atomic E-state index is 0.691. The summed E-state index contributed by atoms with van der Waals surface area (Å²) in [6.45, 7) is 5.75. The number of rotatable bonds is 2. The first-order valence-corrected chi connectivity index (χ1v) is 5.55. The molecular weight excluding hydrogens is 170 g/mol. The van der Waals surface area contributed by atoms with Gasteiger partial charge in [-0.1, -0.05) is 31.2 Å². The molecule has 1 fully saturated rings. The molecule has 2 atom stereocenters. The van der Waals surface area contributed by atoms with Gasteiger partial charge in [-0.3, -0.25) is 0 Å². The molecule has 0 radical (unpaired) electrons. The average Bonchev–Trinajstić information content (AvgIpc) is 2.56. The molecule has 76 valence electrons. The fourth-order valence-electron chi connectivity index (χ4n) is 2.25. The van der Waals surface area contributed by atoms with Crippen LogP contribution in [-0.4, -0.2) is 12.6 Å². The monoisotopic (exact) mass is 189 g/mol. The van der Waals surface area contributed by atoms with Gasteiger partial charge in [0.25, 0.3) is 0 Å². The highest BCUT2D eigenvalue weighted by atomic mass is 14.9. The Kier molecular flexibility index (Phi) is 2.87. The zero-order valence-corrected chi connectivity index (χ0v) is 9.09. The van der Waals surface area contributed by atoms with Gasteiger partial charge >= 0.3 is 0 Å². The van der Waals surface area contributed by atoms with Crippen molar-refractivity contribution in [3.05, 3.63) is 35.4 Å². The largest absolute Gasteiger partial charge is 0.313 e. The van der Waals surface area contributed by atoms with Crippen LogP contribution in [-0.2, 0) is 6.42 Å². The molecule has 1 aromatic carbocycles. The SMILES string of the molecule is Cc1ccccc1CC1NCCC1C. The Hall–Kier alpha value is -0.820. The van der Waals surface area contributed by atoms with Gasteiger partial charge in [0.2, 0.25) is 0 Å². The van der Waals surface area contributed by atoms with Crippen molar-refractivity contribution in [3.8, 4) is 0 Å². The van der Waals surface area contributed by atoms with E-state index < -0.39 is 0 Å². The smallest absolute Gasteiger partial charge is 0.0134 e. The second-order valence-corrected chi connectivity index (χ2v) is 4.46. The van der Waals surface area contributed by atoms with Crippen LogP contribution in [0.4, 0.5) is 0 Å². The maximum Gasteiger partial charge on any atom is 0.0134 e. The number of hydrogen-bond acceptors (Lipinski definition) is 1. The third kappa shape index (κ3) is 1.98. The lowest BCUT2D eigenvalue weighted by Crippen LogP contribution is -2.28. The van der Waals surface area contributed by atoms with Crippen LogP contribution in [0.2, 0.25) is 0 Å². The van der Waals surface area contributed by atoms with Gasteiger partial charge in [-0.25, -0.2) is 0 Å². The second kappa shape index (κ2) is 4.14. The van der Waals surface area contributed by atoms with Gasteiger partial charge in [0, 0.05) is 6.04 Å². The molecule has 2 unspecified atom stereocenters. The molecule has 0 aromatic heterocycles. The summed E-state index contributed by atoms with van der Waals surface area (Å²) in [7, 11) is 0. The second-order valence-electron chi connectivity index (χ2n) is 4.46. The zero-order chi connectivity index (χ0) is 9.97. The average molecular weight is 189 g/mol. The summed E-state index contributed by atoms with van der Waals surface area (Å²) in [5.74, 6) is 0.828. The van der Waals surface area contributed by atoms with Crippen molar-refractivity contribution in [2.24, 2.45) is 5.92 Å². The summed E-state index contributed by atoms with van der Waals surface area (Å²) in [6.07, 6.45) is 2.52. The van der Waals surface area contributed by atoms with Crippen molar-refractivity contribution in [2.45, 2.75) is 32.7 Å². The zero-order valence-electron chi connectivity index (χ0n) is 9.09. The number of benzene rings is 1. The quantitative estimate of drug-likeness (QED) is 0.754. The van der Waals surface area contributed by atoms with E-state index in [0.717, 1.165) is 5.92 Å². The molecular formula is C13H19N. The van der Waals surface area contributed by atoms with E-state index in [1.807, 2.05) is 0 Å². The Morgan fingerprint density at radius 2 is 2.14 bits per heavy atom. The third-order valence-electron chi connectivity index (χ3n) is 3.39. The van der Waals surface area contributed by atoms with Gasteiger partial charge in [0.05, 0.1) is 0 Å². The first kappa shape index (κ1) is 9.72. The van der Waals surface area contributed by atoms with Crippen molar-refractivity contribution in [3.63, 3.8) is 0 Å². The van der Waals surface area contributed by atoms with E-state index in [2.05, 4.69) is 43.4 Å². The van der Waals surface area contributed by atoms with E-state index in [0.29, 0.717) is 6.04 Å². The minimum Gasteiger partial charge on any atom is -0.313 e. The van der Waals surface area contributed by atoms with Crippen LogP contribution in [0.25, 0.3) is 0 Å². The molecule has 1 aromatic rings. The predicted octanol–water partition coefficient (Wildman–Crippen LogP) is 2.54. The molecule has 1 N–H and O–H groups in total. The van der Waals surface area contributed by atoms with Gasteiger partial charge in [0.1, 0.15) is 0 Å². The first-order valence-electron chi connectivity index (χ1n) is 5.55. The molecule has 0 bridgehead atoms. The van der Waals surface area contributed by atoms with E-state index >= 15 is 0 Å². The van der Waals surface area contributed by atoms with Crippen LogP contribution in [0.3, 0.4) is 0 Å². The maximum atomic E-state index is 3.58. The lowest BCUT2D eigenvalue weighted by atomic mass is 9.94. The molecule has 0 spiro atoms. The Labute approximate surface area is 86.5 Å².